The van der Waals surface area contributed by atoms with Crippen LogP contribution in [0.1, 0.15) is 23.7 Å². The van der Waals surface area contributed by atoms with Gasteiger partial charge in [0.05, 0.1) is 17.7 Å². The van der Waals surface area contributed by atoms with Crippen molar-refractivity contribution in [2.24, 2.45) is 5.92 Å². The summed E-state index contributed by atoms with van der Waals surface area (Å²) in [4.78, 5) is 30.5. The molecule has 1 N–H and O–H groups in total. The predicted octanol–water partition coefficient (Wildman–Crippen LogP) is 2.61. The second-order valence-electron chi connectivity index (χ2n) is 5.45. The van der Waals surface area contributed by atoms with Gasteiger partial charge in [0.25, 0.3) is 0 Å². The third kappa shape index (κ3) is 2.74. The maximum Gasteiger partial charge on any atom is 0.232 e. The van der Waals surface area contributed by atoms with E-state index in [2.05, 4.69) is 10.3 Å². The van der Waals surface area contributed by atoms with Gasteiger partial charge in [-0.1, -0.05) is 30.3 Å². The number of aryl methyl sites for hydroxylation is 1. The first-order chi connectivity index (χ1) is 10.6. The van der Waals surface area contributed by atoms with Crippen molar-refractivity contribution in [1.82, 2.24) is 9.88 Å². The first-order valence-electron chi connectivity index (χ1n) is 7.10. The number of anilines is 1. The standard InChI is InChI=1S/C16H17N3O2S/c1-10-9-22-16(17-10)18-15(21)12-8-13(20)19(2)14(12)11-6-4-3-5-7-11/h3-7,9,12,14H,8H2,1-2H3,(H,17,18,21)/t12-,14-/m1/s1. The third-order valence-electron chi connectivity index (χ3n) is 3.91. The Kier molecular flexibility index (Phi) is 3.94. The maximum absolute atomic E-state index is 12.6. The van der Waals surface area contributed by atoms with E-state index in [0.717, 1.165) is 11.3 Å². The molecule has 0 saturated carbocycles. The lowest BCUT2D eigenvalue weighted by atomic mass is 9.93. The molecule has 1 aromatic carbocycles. The first-order valence-corrected chi connectivity index (χ1v) is 7.98. The fourth-order valence-electron chi connectivity index (χ4n) is 2.82. The number of rotatable bonds is 3. The minimum Gasteiger partial charge on any atom is -0.338 e. The molecule has 0 bridgehead atoms. The molecular weight excluding hydrogens is 298 g/mol. The molecule has 0 spiro atoms. The van der Waals surface area contributed by atoms with Crippen LogP contribution in [0.15, 0.2) is 35.7 Å². The maximum atomic E-state index is 12.6. The van der Waals surface area contributed by atoms with Crippen LogP contribution in [-0.2, 0) is 9.59 Å². The molecule has 1 saturated heterocycles. The van der Waals surface area contributed by atoms with E-state index in [1.165, 1.54) is 11.3 Å². The zero-order valence-electron chi connectivity index (χ0n) is 12.4. The van der Waals surface area contributed by atoms with E-state index in [4.69, 9.17) is 0 Å². The molecule has 2 aromatic rings. The van der Waals surface area contributed by atoms with Gasteiger partial charge in [-0.3, -0.25) is 9.59 Å². The van der Waals surface area contributed by atoms with Crippen molar-refractivity contribution in [2.45, 2.75) is 19.4 Å². The van der Waals surface area contributed by atoms with Gasteiger partial charge in [-0.2, -0.15) is 0 Å². The van der Waals surface area contributed by atoms with Crippen LogP contribution in [0.25, 0.3) is 0 Å². The molecular formula is C16H17N3O2S. The molecule has 3 rings (SSSR count). The molecule has 0 aliphatic carbocycles. The van der Waals surface area contributed by atoms with E-state index in [-0.39, 0.29) is 24.3 Å². The number of amides is 2. The van der Waals surface area contributed by atoms with Crippen molar-refractivity contribution in [3.8, 4) is 0 Å². The molecule has 114 valence electrons. The van der Waals surface area contributed by atoms with Gasteiger partial charge >= 0.3 is 0 Å². The summed E-state index contributed by atoms with van der Waals surface area (Å²) in [7, 11) is 1.75. The van der Waals surface area contributed by atoms with Crippen molar-refractivity contribution < 1.29 is 9.59 Å². The van der Waals surface area contributed by atoms with Crippen LogP contribution in [0, 0.1) is 12.8 Å². The minimum absolute atomic E-state index is 0.00989. The van der Waals surface area contributed by atoms with Crippen molar-refractivity contribution >= 4 is 28.3 Å². The van der Waals surface area contributed by atoms with E-state index >= 15 is 0 Å². The fourth-order valence-corrected chi connectivity index (χ4v) is 3.51. The summed E-state index contributed by atoms with van der Waals surface area (Å²) < 4.78 is 0. The Morgan fingerprint density at radius 2 is 2.09 bits per heavy atom. The van der Waals surface area contributed by atoms with Gasteiger partial charge < -0.3 is 10.2 Å². The van der Waals surface area contributed by atoms with Gasteiger partial charge in [0.2, 0.25) is 11.8 Å². The molecule has 2 amide bonds. The Labute approximate surface area is 133 Å². The van der Waals surface area contributed by atoms with Crippen LogP contribution >= 0.6 is 11.3 Å². The van der Waals surface area contributed by atoms with E-state index in [1.54, 1.807) is 11.9 Å². The van der Waals surface area contributed by atoms with Crippen LogP contribution in [0.2, 0.25) is 0 Å². The number of aromatic nitrogens is 1. The van der Waals surface area contributed by atoms with E-state index in [1.807, 2.05) is 42.6 Å². The van der Waals surface area contributed by atoms with Gasteiger partial charge in [-0.25, -0.2) is 4.98 Å². The minimum atomic E-state index is -0.399. The molecule has 1 aliphatic heterocycles. The average Bonchev–Trinajstić information content (AvgIpc) is 3.04. The number of carbonyl (C=O) groups excluding carboxylic acids is 2. The molecule has 6 heteroatoms. The largest absolute Gasteiger partial charge is 0.338 e. The molecule has 1 fully saturated rings. The zero-order valence-corrected chi connectivity index (χ0v) is 13.3. The van der Waals surface area contributed by atoms with Crippen molar-refractivity contribution in [2.75, 3.05) is 12.4 Å². The van der Waals surface area contributed by atoms with E-state index in [9.17, 15) is 9.59 Å². The Morgan fingerprint density at radius 3 is 2.73 bits per heavy atom. The van der Waals surface area contributed by atoms with Crippen molar-refractivity contribution in [3.63, 3.8) is 0 Å². The second-order valence-corrected chi connectivity index (χ2v) is 6.31. The number of thiazole rings is 1. The lowest BCUT2D eigenvalue weighted by Gasteiger charge is -2.24. The first kappa shape index (κ1) is 14.7. The zero-order chi connectivity index (χ0) is 15.7. The van der Waals surface area contributed by atoms with E-state index < -0.39 is 5.92 Å². The summed E-state index contributed by atoms with van der Waals surface area (Å²) in [6.07, 6.45) is 0.228. The Morgan fingerprint density at radius 1 is 1.36 bits per heavy atom. The van der Waals surface area contributed by atoms with Crippen molar-refractivity contribution in [1.29, 1.82) is 0 Å². The highest BCUT2D eigenvalue weighted by Gasteiger charge is 2.42. The molecule has 0 radical (unpaired) electrons. The van der Waals surface area contributed by atoms with Crippen LogP contribution in [0.4, 0.5) is 5.13 Å². The lowest BCUT2D eigenvalue weighted by molar-refractivity contribution is -0.127. The van der Waals surface area contributed by atoms with Gasteiger partial charge in [-0.15, -0.1) is 11.3 Å². The highest BCUT2D eigenvalue weighted by Crippen LogP contribution is 2.37. The summed E-state index contributed by atoms with van der Waals surface area (Å²) in [6.45, 7) is 1.88. The van der Waals surface area contributed by atoms with Crippen LogP contribution in [-0.4, -0.2) is 28.7 Å². The van der Waals surface area contributed by atoms with Crippen LogP contribution < -0.4 is 5.32 Å². The molecule has 2 heterocycles. The number of likely N-dealkylation sites (tertiary alicyclic amines) is 1. The van der Waals surface area contributed by atoms with Crippen LogP contribution in [0.5, 0.6) is 0 Å². The molecule has 22 heavy (non-hydrogen) atoms. The second kappa shape index (κ2) is 5.88. The fraction of sp³-hybridized carbons (Fsp3) is 0.312. The summed E-state index contributed by atoms with van der Waals surface area (Å²) >= 11 is 1.39. The van der Waals surface area contributed by atoms with Crippen LogP contribution in [0.3, 0.4) is 0 Å². The highest BCUT2D eigenvalue weighted by atomic mass is 32.1. The monoisotopic (exact) mass is 315 g/mol. The summed E-state index contributed by atoms with van der Waals surface area (Å²) in [5, 5.41) is 5.30. The number of benzene rings is 1. The van der Waals surface area contributed by atoms with Gasteiger partial charge in [0, 0.05) is 18.8 Å². The molecule has 1 aliphatic rings. The predicted molar refractivity (Wildman–Crippen MR) is 85.5 cm³/mol. The molecule has 2 atom stereocenters. The molecule has 1 aromatic heterocycles. The lowest BCUT2D eigenvalue weighted by Crippen LogP contribution is -2.29. The Balaban J connectivity index is 1.84. The smallest absolute Gasteiger partial charge is 0.232 e. The number of hydrogen-bond donors (Lipinski definition) is 1. The number of nitrogens with zero attached hydrogens (tertiary/aromatic N) is 2. The normalized spacial score (nSPS) is 21.2. The SMILES string of the molecule is Cc1csc(NC(=O)[C@@H]2CC(=O)N(C)[C@@H]2c2ccccc2)n1. The summed E-state index contributed by atoms with van der Waals surface area (Å²) in [5.41, 5.74) is 1.85. The highest BCUT2D eigenvalue weighted by molar-refractivity contribution is 7.13. The quantitative estimate of drug-likeness (QED) is 0.947. The van der Waals surface area contributed by atoms with Gasteiger partial charge in [0.15, 0.2) is 5.13 Å². The van der Waals surface area contributed by atoms with Gasteiger partial charge in [-0.05, 0) is 12.5 Å². The third-order valence-corrected chi connectivity index (χ3v) is 4.79. The summed E-state index contributed by atoms with van der Waals surface area (Å²) in [6, 6.07) is 9.44. The summed E-state index contributed by atoms with van der Waals surface area (Å²) in [5.74, 6) is -0.561. The molecule has 0 unspecified atom stereocenters. The van der Waals surface area contributed by atoms with Crippen molar-refractivity contribution in [3.05, 3.63) is 47.0 Å². The topological polar surface area (TPSA) is 62.3 Å². The Bertz CT molecular complexity index is 698. The van der Waals surface area contributed by atoms with Gasteiger partial charge in [0.1, 0.15) is 0 Å². The number of nitrogens with one attached hydrogen (secondary N) is 1. The Hall–Kier alpha value is -2.21. The average molecular weight is 315 g/mol. The van der Waals surface area contributed by atoms with E-state index in [0.29, 0.717) is 5.13 Å². The molecule has 5 nitrogen and oxygen atoms in total. The number of hydrogen-bond acceptors (Lipinski definition) is 4. The number of carbonyl (C=O) groups is 2.